The third kappa shape index (κ3) is 5.11. The number of hydrogen-bond acceptors (Lipinski definition) is 3. The van der Waals surface area contributed by atoms with Crippen molar-refractivity contribution >= 4 is 11.9 Å². The highest BCUT2D eigenvalue weighted by Gasteiger charge is 2.11. The van der Waals surface area contributed by atoms with Gasteiger partial charge in [0, 0.05) is 6.42 Å². The molecule has 0 fully saturated rings. The van der Waals surface area contributed by atoms with Crippen LogP contribution in [0.1, 0.15) is 36.5 Å². The third-order valence-corrected chi connectivity index (χ3v) is 2.20. The van der Waals surface area contributed by atoms with Gasteiger partial charge in [0.1, 0.15) is 0 Å². The van der Waals surface area contributed by atoms with Crippen LogP contribution >= 0.6 is 0 Å². The van der Waals surface area contributed by atoms with E-state index in [0.717, 1.165) is 12.0 Å². The van der Waals surface area contributed by atoms with Crippen LogP contribution in [0.15, 0.2) is 42.5 Å². The van der Waals surface area contributed by atoms with Gasteiger partial charge in [0.05, 0.1) is 5.56 Å². The van der Waals surface area contributed by atoms with E-state index in [2.05, 4.69) is 6.58 Å². The number of benzene rings is 1. The Labute approximate surface area is 101 Å². The number of allylic oxidation sites excluding steroid dienone is 1. The molecule has 0 heterocycles. The third-order valence-electron chi connectivity index (χ3n) is 2.20. The molecule has 1 aromatic carbocycles. The maximum absolute atomic E-state index is 11.5. The van der Waals surface area contributed by atoms with E-state index in [4.69, 9.17) is 4.74 Å². The molecule has 0 N–H and O–H groups in total. The minimum absolute atomic E-state index is 0.242. The summed E-state index contributed by atoms with van der Waals surface area (Å²) in [6, 6.07) is 8.47. The summed E-state index contributed by atoms with van der Waals surface area (Å²) < 4.78 is 4.71. The summed E-state index contributed by atoms with van der Waals surface area (Å²) in [6.07, 6.45) is 1.68. The van der Waals surface area contributed by atoms with Crippen LogP contribution in [0.2, 0.25) is 0 Å². The first-order valence-corrected chi connectivity index (χ1v) is 5.54. The molecule has 3 heteroatoms. The van der Waals surface area contributed by atoms with Crippen molar-refractivity contribution in [1.29, 1.82) is 0 Å². The predicted octanol–water partition coefficient (Wildman–Crippen LogP) is 3.12. The first kappa shape index (κ1) is 13.2. The normalized spacial score (nSPS) is 9.71. The highest BCUT2D eigenvalue weighted by molar-refractivity contribution is 5.96. The molecule has 1 aromatic rings. The molecular formula is C14H16O3. The lowest BCUT2D eigenvalue weighted by atomic mass is 10.1. The van der Waals surface area contributed by atoms with E-state index >= 15 is 0 Å². The molecule has 0 saturated heterocycles. The molecule has 1 rings (SSSR count). The largest absolute Gasteiger partial charge is 0.389 e. The van der Waals surface area contributed by atoms with Gasteiger partial charge in [-0.2, -0.15) is 0 Å². The van der Waals surface area contributed by atoms with Gasteiger partial charge < -0.3 is 4.74 Å². The Balaban J connectivity index is 2.36. The molecule has 0 atom stereocenters. The molecule has 0 aromatic heterocycles. The fourth-order valence-electron chi connectivity index (χ4n) is 1.32. The highest BCUT2D eigenvalue weighted by atomic mass is 16.6. The van der Waals surface area contributed by atoms with Crippen molar-refractivity contribution in [2.45, 2.75) is 26.2 Å². The smallest absolute Gasteiger partial charge is 0.345 e. The Morgan fingerprint density at radius 3 is 2.41 bits per heavy atom. The fourth-order valence-corrected chi connectivity index (χ4v) is 1.32. The van der Waals surface area contributed by atoms with E-state index in [-0.39, 0.29) is 6.42 Å². The van der Waals surface area contributed by atoms with E-state index in [1.165, 1.54) is 0 Å². The average molecular weight is 232 g/mol. The monoisotopic (exact) mass is 232 g/mol. The molecule has 0 aliphatic rings. The molecule has 0 aliphatic heterocycles. The van der Waals surface area contributed by atoms with Crippen molar-refractivity contribution in [1.82, 2.24) is 0 Å². The Hall–Kier alpha value is -1.90. The van der Waals surface area contributed by atoms with E-state index in [1.807, 2.05) is 6.92 Å². The summed E-state index contributed by atoms with van der Waals surface area (Å²) in [5.74, 6) is -1.08. The van der Waals surface area contributed by atoms with Crippen LogP contribution in [0.3, 0.4) is 0 Å². The lowest BCUT2D eigenvalue weighted by Gasteiger charge is -2.02. The van der Waals surface area contributed by atoms with Gasteiger partial charge in [-0.3, -0.25) is 4.79 Å². The fraction of sp³-hybridized carbons (Fsp3) is 0.286. The van der Waals surface area contributed by atoms with E-state index < -0.39 is 11.9 Å². The SMILES string of the molecule is C=C(C)CCCC(=O)OC(=O)c1ccccc1. The van der Waals surface area contributed by atoms with Crippen molar-refractivity contribution in [2.75, 3.05) is 0 Å². The van der Waals surface area contributed by atoms with Gasteiger partial charge in [-0.05, 0) is 31.9 Å². The van der Waals surface area contributed by atoms with E-state index in [9.17, 15) is 9.59 Å². The second-order valence-electron chi connectivity index (χ2n) is 3.94. The first-order valence-electron chi connectivity index (χ1n) is 5.54. The Kier molecular flexibility index (Phi) is 5.14. The number of rotatable bonds is 5. The summed E-state index contributed by atoms with van der Waals surface area (Å²) in [4.78, 5) is 22.8. The van der Waals surface area contributed by atoms with Crippen molar-refractivity contribution in [3.63, 3.8) is 0 Å². The van der Waals surface area contributed by atoms with Gasteiger partial charge in [-0.1, -0.05) is 23.8 Å². The first-order chi connectivity index (χ1) is 8.09. The minimum Gasteiger partial charge on any atom is -0.389 e. The Morgan fingerprint density at radius 1 is 1.18 bits per heavy atom. The zero-order chi connectivity index (χ0) is 12.7. The quantitative estimate of drug-likeness (QED) is 0.445. The zero-order valence-corrected chi connectivity index (χ0v) is 9.94. The topological polar surface area (TPSA) is 43.4 Å². The Bertz CT molecular complexity index is 407. The molecular weight excluding hydrogens is 216 g/mol. The number of carbonyl (C=O) groups excluding carboxylic acids is 2. The summed E-state index contributed by atoms with van der Waals surface area (Å²) in [7, 11) is 0. The molecule has 0 aliphatic carbocycles. The molecule has 3 nitrogen and oxygen atoms in total. The highest BCUT2D eigenvalue weighted by Crippen LogP contribution is 2.07. The Morgan fingerprint density at radius 2 is 1.82 bits per heavy atom. The summed E-state index contributed by atoms with van der Waals surface area (Å²) >= 11 is 0. The van der Waals surface area contributed by atoms with Crippen LogP contribution in [0.4, 0.5) is 0 Å². The zero-order valence-electron chi connectivity index (χ0n) is 9.94. The number of hydrogen-bond donors (Lipinski definition) is 0. The van der Waals surface area contributed by atoms with Gasteiger partial charge >= 0.3 is 11.9 Å². The van der Waals surface area contributed by atoms with Crippen LogP contribution < -0.4 is 0 Å². The van der Waals surface area contributed by atoms with E-state index in [1.54, 1.807) is 30.3 Å². The second-order valence-corrected chi connectivity index (χ2v) is 3.94. The summed E-state index contributed by atoms with van der Waals surface area (Å²) in [6.45, 7) is 5.64. The van der Waals surface area contributed by atoms with Gasteiger partial charge in [-0.25, -0.2) is 4.79 Å². The second kappa shape index (κ2) is 6.63. The van der Waals surface area contributed by atoms with Gasteiger partial charge in [0.2, 0.25) is 0 Å². The maximum Gasteiger partial charge on any atom is 0.345 e. The van der Waals surface area contributed by atoms with Gasteiger partial charge in [0.15, 0.2) is 0 Å². The van der Waals surface area contributed by atoms with E-state index in [0.29, 0.717) is 12.0 Å². The lowest BCUT2D eigenvalue weighted by molar-refractivity contribution is -0.138. The average Bonchev–Trinajstić information content (AvgIpc) is 2.29. The maximum atomic E-state index is 11.5. The predicted molar refractivity (Wildman–Crippen MR) is 65.5 cm³/mol. The molecule has 90 valence electrons. The molecule has 0 unspecified atom stereocenters. The molecule has 0 saturated carbocycles. The van der Waals surface area contributed by atoms with Crippen LogP contribution in [0, 0.1) is 0 Å². The molecule has 0 amide bonds. The van der Waals surface area contributed by atoms with Crippen LogP contribution in [0.5, 0.6) is 0 Å². The number of esters is 2. The molecule has 17 heavy (non-hydrogen) atoms. The van der Waals surface area contributed by atoms with Crippen molar-refractivity contribution < 1.29 is 14.3 Å². The van der Waals surface area contributed by atoms with Gasteiger partial charge in [-0.15, -0.1) is 6.58 Å². The summed E-state index contributed by atoms with van der Waals surface area (Å²) in [5.41, 5.74) is 1.41. The van der Waals surface area contributed by atoms with Crippen LogP contribution in [0.25, 0.3) is 0 Å². The molecule has 0 radical (unpaired) electrons. The van der Waals surface area contributed by atoms with Crippen LogP contribution in [-0.4, -0.2) is 11.9 Å². The molecule has 0 spiro atoms. The van der Waals surface area contributed by atoms with Crippen molar-refractivity contribution in [2.24, 2.45) is 0 Å². The van der Waals surface area contributed by atoms with Crippen molar-refractivity contribution in [3.8, 4) is 0 Å². The molecule has 0 bridgehead atoms. The number of ether oxygens (including phenoxy) is 1. The van der Waals surface area contributed by atoms with Crippen molar-refractivity contribution in [3.05, 3.63) is 48.0 Å². The van der Waals surface area contributed by atoms with Gasteiger partial charge in [0.25, 0.3) is 0 Å². The van der Waals surface area contributed by atoms with Crippen LogP contribution in [-0.2, 0) is 9.53 Å². The lowest BCUT2D eigenvalue weighted by Crippen LogP contribution is -2.12. The number of carbonyl (C=O) groups is 2. The standard InChI is InChI=1S/C14H16O3/c1-11(2)7-6-10-13(15)17-14(16)12-8-4-3-5-9-12/h3-5,8-9H,1,6-7,10H2,2H3. The summed E-state index contributed by atoms with van der Waals surface area (Å²) in [5, 5.41) is 0. The minimum atomic E-state index is -0.592.